The van der Waals surface area contributed by atoms with Crippen molar-refractivity contribution in [1.82, 2.24) is 14.9 Å². The Morgan fingerprint density at radius 2 is 1.97 bits per heavy atom. The number of unbranched alkanes of at least 4 members (excludes halogenated alkanes) is 1. The first-order valence-corrected chi connectivity index (χ1v) is 13.9. The number of rotatable bonds is 12. The number of amides is 1. The topological polar surface area (TPSA) is 87.7 Å². The summed E-state index contributed by atoms with van der Waals surface area (Å²) in [7, 11) is -1.94. The van der Waals surface area contributed by atoms with Gasteiger partial charge in [0.1, 0.15) is 9.96 Å². The first-order valence-electron chi connectivity index (χ1n) is 11.7. The zero-order valence-corrected chi connectivity index (χ0v) is 21.1. The number of carbonyl (C=O) groups is 1. The third-order valence-electron chi connectivity index (χ3n) is 6.00. The van der Waals surface area contributed by atoms with Crippen LogP contribution in [0.1, 0.15) is 54.3 Å². The van der Waals surface area contributed by atoms with Gasteiger partial charge in [-0.25, -0.2) is 8.42 Å². The largest absolute Gasteiger partial charge is 0.497 e. The van der Waals surface area contributed by atoms with Crippen molar-refractivity contribution in [2.75, 3.05) is 33.3 Å². The highest BCUT2D eigenvalue weighted by Crippen LogP contribution is 2.29. The van der Waals surface area contributed by atoms with E-state index in [-0.39, 0.29) is 12.5 Å². The van der Waals surface area contributed by atoms with Crippen LogP contribution in [0.4, 0.5) is 0 Å². The molecule has 0 bridgehead atoms. The summed E-state index contributed by atoms with van der Waals surface area (Å²) in [6.45, 7) is 5.68. The predicted octanol–water partition coefficient (Wildman–Crippen LogP) is 3.87. The molecule has 1 fully saturated rings. The molecule has 0 spiro atoms. The van der Waals surface area contributed by atoms with Gasteiger partial charge in [-0.2, -0.15) is 4.31 Å². The monoisotopic (exact) mass is 493 g/mol. The lowest BCUT2D eigenvalue weighted by Crippen LogP contribution is -2.38. The van der Waals surface area contributed by atoms with Crippen LogP contribution in [-0.4, -0.2) is 51.9 Å². The minimum Gasteiger partial charge on any atom is -0.497 e. The molecule has 9 heteroatoms. The standard InChI is InChI=1S/C24H35N3O4S2/c1-3-4-13-25-14-10-19-11-15-27(16-12-19)33(29,30)23-9-8-22(32-23)18-26-24(28)20-6-5-7-21(17-20)31-2/h5-9,17,19,25H,3-4,10-16,18H2,1-2H3,(H,26,28). The molecule has 1 amide bonds. The summed E-state index contributed by atoms with van der Waals surface area (Å²) in [6, 6.07) is 10.3. The Kier molecular flexibility index (Phi) is 9.73. The molecule has 1 aromatic carbocycles. The van der Waals surface area contributed by atoms with Gasteiger partial charge in [0.25, 0.3) is 15.9 Å². The summed E-state index contributed by atoms with van der Waals surface area (Å²) >= 11 is 1.22. The van der Waals surface area contributed by atoms with Crippen molar-refractivity contribution in [3.05, 3.63) is 46.8 Å². The van der Waals surface area contributed by atoms with E-state index in [1.807, 2.05) is 0 Å². The van der Waals surface area contributed by atoms with Gasteiger partial charge in [0.2, 0.25) is 0 Å². The molecule has 2 N–H and O–H groups in total. The molecule has 7 nitrogen and oxygen atoms in total. The summed E-state index contributed by atoms with van der Waals surface area (Å²) < 4.78 is 33.3. The normalized spacial score (nSPS) is 15.5. The van der Waals surface area contributed by atoms with Crippen molar-refractivity contribution < 1.29 is 17.9 Å². The molecule has 0 radical (unpaired) electrons. The summed E-state index contributed by atoms with van der Waals surface area (Å²) in [6.07, 6.45) is 5.31. The summed E-state index contributed by atoms with van der Waals surface area (Å²) in [4.78, 5) is 13.2. The van der Waals surface area contributed by atoms with Crippen LogP contribution in [0.2, 0.25) is 0 Å². The second-order valence-corrected chi connectivity index (χ2v) is 11.7. The maximum atomic E-state index is 13.1. The van der Waals surface area contributed by atoms with E-state index < -0.39 is 10.0 Å². The van der Waals surface area contributed by atoms with Gasteiger partial charge >= 0.3 is 0 Å². The van der Waals surface area contributed by atoms with Gasteiger partial charge in [0, 0.05) is 23.5 Å². The molecule has 1 aliphatic rings. The van der Waals surface area contributed by atoms with Crippen LogP contribution in [0.3, 0.4) is 0 Å². The van der Waals surface area contributed by atoms with Crippen molar-refractivity contribution in [3.8, 4) is 5.75 Å². The highest BCUT2D eigenvalue weighted by Gasteiger charge is 2.30. The molecule has 0 aliphatic carbocycles. The molecule has 0 unspecified atom stereocenters. The second kappa shape index (κ2) is 12.5. The fourth-order valence-corrected chi connectivity index (χ4v) is 6.84. The number of nitrogens with zero attached hydrogens (tertiary/aromatic N) is 1. The summed E-state index contributed by atoms with van der Waals surface area (Å²) in [5, 5.41) is 6.32. The van der Waals surface area contributed by atoms with Crippen LogP contribution in [0.15, 0.2) is 40.6 Å². The zero-order chi connectivity index (χ0) is 23.7. The molecule has 2 heterocycles. The average Bonchev–Trinajstić information content (AvgIpc) is 3.33. The van der Waals surface area contributed by atoms with Crippen LogP contribution in [0.5, 0.6) is 5.75 Å². The van der Waals surface area contributed by atoms with Gasteiger partial charge in [0.15, 0.2) is 0 Å². The van der Waals surface area contributed by atoms with Gasteiger partial charge in [0.05, 0.1) is 13.7 Å². The first-order chi connectivity index (χ1) is 15.9. The number of hydrogen-bond donors (Lipinski definition) is 2. The molecule has 0 saturated carbocycles. The maximum Gasteiger partial charge on any atom is 0.252 e. The fourth-order valence-electron chi connectivity index (χ4n) is 3.92. The number of methoxy groups -OCH3 is 1. The van der Waals surface area contributed by atoms with Gasteiger partial charge < -0.3 is 15.4 Å². The Bertz CT molecular complexity index is 999. The first kappa shape index (κ1) is 25.7. The molecule has 1 aromatic heterocycles. The Balaban J connectivity index is 1.48. The van der Waals surface area contributed by atoms with Crippen LogP contribution in [0, 0.1) is 5.92 Å². The minimum atomic E-state index is -3.49. The van der Waals surface area contributed by atoms with E-state index in [0.717, 1.165) is 37.2 Å². The fraction of sp³-hybridized carbons (Fsp3) is 0.542. The average molecular weight is 494 g/mol. The van der Waals surface area contributed by atoms with Gasteiger partial charge in [-0.3, -0.25) is 4.79 Å². The highest BCUT2D eigenvalue weighted by molar-refractivity contribution is 7.91. The van der Waals surface area contributed by atoms with Crippen LogP contribution in [0.25, 0.3) is 0 Å². The zero-order valence-electron chi connectivity index (χ0n) is 19.5. The summed E-state index contributed by atoms with van der Waals surface area (Å²) in [5.74, 6) is 0.970. The third kappa shape index (κ3) is 7.27. The molecule has 1 saturated heterocycles. The lowest BCUT2D eigenvalue weighted by atomic mass is 9.95. The van der Waals surface area contributed by atoms with Crippen LogP contribution in [-0.2, 0) is 16.6 Å². The number of sulfonamides is 1. The molecule has 1 aliphatic heterocycles. The number of piperidine rings is 1. The molecular weight excluding hydrogens is 458 g/mol. The number of hydrogen-bond acceptors (Lipinski definition) is 6. The lowest BCUT2D eigenvalue weighted by molar-refractivity contribution is 0.0951. The van der Waals surface area contributed by atoms with Crippen LogP contribution >= 0.6 is 11.3 Å². The SMILES string of the molecule is CCCCNCCC1CCN(S(=O)(=O)c2ccc(CNC(=O)c3cccc(OC)c3)s2)CC1. The molecule has 0 atom stereocenters. The molecular formula is C24H35N3O4S2. The second-order valence-electron chi connectivity index (χ2n) is 8.38. The van der Waals surface area contributed by atoms with E-state index in [1.54, 1.807) is 47.8 Å². The summed E-state index contributed by atoms with van der Waals surface area (Å²) in [5.41, 5.74) is 0.502. The van der Waals surface area contributed by atoms with Crippen molar-refractivity contribution in [2.24, 2.45) is 5.92 Å². The number of carbonyl (C=O) groups excluding carboxylic acids is 1. The minimum absolute atomic E-state index is 0.224. The van der Waals surface area contributed by atoms with Crippen LogP contribution < -0.4 is 15.4 Å². The number of ether oxygens (including phenoxy) is 1. The van der Waals surface area contributed by atoms with E-state index in [9.17, 15) is 13.2 Å². The maximum absolute atomic E-state index is 13.1. The van der Waals surface area contributed by atoms with Gasteiger partial charge in [-0.1, -0.05) is 19.4 Å². The van der Waals surface area contributed by atoms with Crippen molar-refractivity contribution in [2.45, 2.75) is 49.8 Å². The van der Waals surface area contributed by atoms with Crippen molar-refractivity contribution in [3.63, 3.8) is 0 Å². The van der Waals surface area contributed by atoms with E-state index in [0.29, 0.717) is 34.5 Å². The highest BCUT2D eigenvalue weighted by atomic mass is 32.2. The number of benzene rings is 1. The Labute approximate surface area is 201 Å². The molecule has 3 rings (SSSR count). The molecule has 33 heavy (non-hydrogen) atoms. The molecule has 2 aromatic rings. The van der Waals surface area contributed by atoms with E-state index >= 15 is 0 Å². The van der Waals surface area contributed by atoms with Gasteiger partial charge in [-0.05, 0) is 75.0 Å². The van der Waals surface area contributed by atoms with E-state index in [4.69, 9.17) is 4.74 Å². The quantitative estimate of drug-likeness (QED) is 0.438. The predicted molar refractivity (Wildman–Crippen MR) is 132 cm³/mol. The lowest BCUT2D eigenvalue weighted by Gasteiger charge is -2.30. The van der Waals surface area contributed by atoms with E-state index in [1.165, 1.54) is 24.2 Å². The van der Waals surface area contributed by atoms with Gasteiger partial charge in [-0.15, -0.1) is 11.3 Å². The number of nitrogens with one attached hydrogen (secondary N) is 2. The van der Waals surface area contributed by atoms with E-state index in [2.05, 4.69) is 17.6 Å². The van der Waals surface area contributed by atoms with Crippen molar-refractivity contribution >= 4 is 27.3 Å². The Morgan fingerprint density at radius 1 is 1.18 bits per heavy atom. The number of thiophene rings is 1. The van der Waals surface area contributed by atoms with Crippen molar-refractivity contribution in [1.29, 1.82) is 0 Å². The Hall–Kier alpha value is -1.94. The Morgan fingerprint density at radius 3 is 2.70 bits per heavy atom. The third-order valence-corrected chi connectivity index (χ3v) is 9.45. The molecule has 182 valence electrons. The smallest absolute Gasteiger partial charge is 0.252 e.